The zero-order chi connectivity index (χ0) is 7.54. The molecule has 0 bridgehead atoms. The fourth-order valence-corrected chi connectivity index (χ4v) is 0.112. The summed E-state index contributed by atoms with van der Waals surface area (Å²) in [5.41, 5.74) is 0. The Balaban J connectivity index is 0. The SMILES string of the molecule is CCCC#N.CCCO. The molecule has 0 aromatic carbocycles. The Hall–Kier alpha value is -0.550. The van der Waals surface area contributed by atoms with Gasteiger partial charge in [0, 0.05) is 13.0 Å². The second-order valence-corrected chi connectivity index (χ2v) is 1.63. The maximum atomic E-state index is 7.88. The summed E-state index contributed by atoms with van der Waals surface area (Å²) in [6, 6.07) is 2.02. The lowest BCUT2D eigenvalue weighted by molar-refractivity contribution is 0.295. The molecule has 9 heavy (non-hydrogen) atoms. The van der Waals surface area contributed by atoms with Crippen LogP contribution < -0.4 is 0 Å². The smallest absolute Gasteiger partial charge is 0.0621 e. The second-order valence-electron chi connectivity index (χ2n) is 1.63. The van der Waals surface area contributed by atoms with Gasteiger partial charge in [0.15, 0.2) is 0 Å². The molecule has 0 aromatic rings. The van der Waals surface area contributed by atoms with Crippen molar-refractivity contribution in [3.63, 3.8) is 0 Å². The maximum absolute atomic E-state index is 7.88. The summed E-state index contributed by atoms with van der Waals surface area (Å²) in [5, 5.41) is 15.7. The summed E-state index contributed by atoms with van der Waals surface area (Å²) in [6.45, 7) is 4.24. The van der Waals surface area contributed by atoms with E-state index >= 15 is 0 Å². The van der Waals surface area contributed by atoms with Crippen molar-refractivity contribution in [3.8, 4) is 6.07 Å². The third-order valence-electron chi connectivity index (χ3n) is 0.585. The lowest BCUT2D eigenvalue weighted by atomic mass is 10.4. The first kappa shape index (κ1) is 11.3. The van der Waals surface area contributed by atoms with Crippen molar-refractivity contribution < 1.29 is 5.11 Å². The number of unbranched alkanes of at least 4 members (excludes halogenated alkanes) is 1. The number of nitriles is 1. The predicted molar refractivity (Wildman–Crippen MR) is 37.9 cm³/mol. The molecule has 0 aliphatic rings. The number of aliphatic hydroxyl groups is 1. The summed E-state index contributed by atoms with van der Waals surface area (Å²) in [4.78, 5) is 0. The van der Waals surface area contributed by atoms with Gasteiger partial charge in [-0.2, -0.15) is 5.26 Å². The van der Waals surface area contributed by atoms with Gasteiger partial charge in [0.2, 0.25) is 0 Å². The molecule has 2 heteroatoms. The topological polar surface area (TPSA) is 44.0 Å². The van der Waals surface area contributed by atoms with Crippen molar-refractivity contribution in [2.75, 3.05) is 6.61 Å². The van der Waals surface area contributed by atoms with Crippen molar-refractivity contribution in [2.24, 2.45) is 0 Å². The molecule has 0 saturated carbocycles. The van der Waals surface area contributed by atoms with Crippen LogP contribution in [0, 0.1) is 11.3 Å². The van der Waals surface area contributed by atoms with Crippen molar-refractivity contribution >= 4 is 0 Å². The lowest BCUT2D eigenvalue weighted by Crippen LogP contribution is -1.69. The van der Waals surface area contributed by atoms with Crippen LogP contribution in [0.25, 0.3) is 0 Å². The fourth-order valence-electron chi connectivity index (χ4n) is 0.112. The minimum Gasteiger partial charge on any atom is -0.396 e. The van der Waals surface area contributed by atoms with Crippen LogP contribution in [0.1, 0.15) is 33.1 Å². The Morgan fingerprint density at radius 2 is 1.78 bits per heavy atom. The highest BCUT2D eigenvalue weighted by Gasteiger charge is 1.65. The number of nitrogens with zero attached hydrogens (tertiary/aromatic N) is 1. The van der Waals surface area contributed by atoms with Gasteiger partial charge in [-0.15, -0.1) is 0 Å². The molecule has 0 aliphatic carbocycles. The number of rotatable bonds is 2. The van der Waals surface area contributed by atoms with E-state index in [0.717, 1.165) is 12.8 Å². The number of hydrogen-bond acceptors (Lipinski definition) is 2. The van der Waals surface area contributed by atoms with E-state index in [4.69, 9.17) is 10.4 Å². The molecule has 0 rings (SSSR count). The Morgan fingerprint density at radius 1 is 1.33 bits per heavy atom. The standard InChI is InChI=1S/C4H7N.C3H8O/c1-2-3-4-5;1-2-3-4/h2-3H2,1H3;4H,2-3H2,1H3. The quantitative estimate of drug-likeness (QED) is 0.616. The van der Waals surface area contributed by atoms with Gasteiger partial charge in [0.25, 0.3) is 0 Å². The van der Waals surface area contributed by atoms with E-state index in [1.54, 1.807) is 0 Å². The molecule has 0 aliphatic heterocycles. The molecular formula is C7H15NO. The second kappa shape index (κ2) is 15.7. The van der Waals surface area contributed by atoms with Gasteiger partial charge >= 0.3 is 0 Å². The van der Waals surface area contributed by atoms with Gasteiger partial charge in [0.1, 0.15) is 0 Å². The molecule has 0 amide bonds. The molecule has 0 spiro atoms. The third kappa shape index (κ3) is 36.9. The average Bonchev–Trinajstić information content (AvgIpc) is 1.91. The van der Waals surface area contributed by atoms with Crippen LogP contribution in [0.2, 0.25) is 0 Å². The molecule has 0 fully saturated rings. The van der Waals surface area contributed by atoms with Crippen LogP contribution in [0.4, 0.5) is 0 Å². The monoisotopic (exact) mass is 129 g/mol. The summed E-state index contributed by atoms with van der Waals surface area (Å²) < 4.78 is 0. The van der Waals surface area contributed by atoms with Crippen LogP contribution in [-0.4, -0.2) is 11.7 Å². The molecular weight excluding hydrogens is 114 g/mol. The molecule has 0 radical (unpaired) electrons. The van der Waals surface area contributed by atoms with Crippen molar-refractivity contribution in [3.05, 3.63) is 0 Å². The zero-order valence-electron chi connectivity index (χ0n) is 6.22. The zero-order valence-corrected chi connectivity index (χ0v) is 6.22. The minimum atomic E-state index is 0.319. The highest BCUT2D eigenvalue weighted by molar-refractivity contribution is 4.65. The Morgan fingerprint density at radius 3 is 1.78 bits per heavy atom. The van der Waals surface area contributed by atoms with Crippen LogP contribution >= 0.6 is 0 Å². The molecule has 0 aromatic heterocycles. The van der Waals surface area contributed by atoms with Gasteiger partial charge in [-0.05, 0) is 12.8 Å². The number of hydrogen-bond donors (Lipinski definition) is 1. The van der Waals surface area contributed by atoms with Gasteiger partial charge in [0.05, 0.1) is 6.07 Å². The highest BCUT2D eigenvalue weighted by Crippen LogP contribution is 1.77. The molecule has 1 N–H and O–H groups in total. The van der Waals surface area contributed by atoms with Crippen molar-refractivity contribution in [2.45, 2.75) is 33.1 Å². The highest BCUT2D eigenvalue weighted by atomic mass is 16.2. The van der Waals surface area contributed by atoms with E-state index in [2.05, 4.69) is 0 Å². The van der Waals surface area contributed by atoms with Gasteiger partial charge < -0.3 is 5.11 Å². The van der Waals surface area contributed by atoms with Crippen molar-refractivity contribution in [1.82, 2.24) is 0 Å². The van der Waals surface area contributed by atoms with Gasteiger partial charge in [-0.25, -0.2) is 0 Å². The average molecular weight is 129 g/mol. The van der Waals surface area contributed by atoms with Gasteiger partial charge in [-0.3, -0.25) is 0 Å². The largest absolute Gasteiger partial charge is 0.396 e. The van der Waals surface area contributed by atoms with E-state index in [-0.39, 0.29) is 0 Å². The Labute approximate surface area is 57.1 Å². The van der Waals surface area contributed by atoms with E-state index in [9.17, 15) is 0 Å². The Kier molecular flexibility index (Phi) is 19.6. The van der Waals surface area contributed by atoms with Crippen molar-refractivity contribution in [1.29, 1.82) is 5.26 Å². The Bertz CT molecular complexity index is 63.8. The first-order chi connectivity index (χ1) is 4.33. The predicted octanol–water partition coefficient (Wildman–Crippen LogP) is 1.70. The molecule has 0 unspecified atom stereocenters. The van der Waals surface area contributed by atoms with E-state index < -0.39 is 0 Å². The van der Waals surface area contributed by atoms with E-state index in [0.29, 0.717) is 13.0 Å². The molecule has 0 heterocycles. The van der Waals surface area contributed by atoms with Gasteiger partial charge in [-0.1, -0.05) is 13.8 Å². The lowest BCUT2D eigenvalue weighted by Gasteiger charge is -1.69. The molecule has 0 atom stereocenters. The number of aliphatic hydroxyl groups excluding tert-OH is 1. The maximum Gasteiger partial charge on any atom is 0.0621 e. The normalized spacial score (nSPS) is 6.89. The van der Waals surface area contributed by atoms with Crippen LogP contribution in [0.15, 0.2) is 0 Å². The van der Waals surface area contributed by atoms with Crippen LogP contribution in [0.3, 0.4) is 0 Å². The summed E-state index contributed by atoms with van der Waals surface area (Å²) >= 11 is 0. The molecule has 2 nitrogen and oxygen atoms in total. The minimum absolute atomic E-state index is 0.319. The third-order valence-corrected chi connectivity index (χ3v) is 0.585. The molecule has 54 valence electrons. The molecule has 0 saturated heterocycles. The first-order valence-electron chi connectivity index (χ1n) is 3.31. The first-order valence-corrected chi connectivity index (χ1v) is 3.31. The summed E-state index contributed by atoms with van der Waals surface area (Å²) in [5.74, 6) is 0. The van der Waals surface area contributed by atoms with E-state index in [1.165, 1.54) is 0 Å². The van der Waals surface area contributed by atoms with E-state index in [1.807, 2.05) is 19.9 Å². The van der Waals surface area contributed by atoms with Crippen LogP contribution in [-0.2, 0) is 0 Å². The van der Waals surface area contributed by atoms with Crippen LogP contribution in [0.5, 0.6) is 0 Å². The summed E-state index contributed by atoms with van der Waals surface area (Å²) in [7, 11) is 0. The summed E-state index contributed by atoms with van der Waals surface area (Å²) in [6.07, 6.45) is 2.55. The fraction of sp³-hybridized carbons (Fsp3) is 0.857.